The lowest BCUT2D eigenvalue weighted by Crippen LogP contribution is -2.55. The van der Waals surface area contributed by atoms with Gasteiger partial charge < -0.3 is 10.7 Å². The van der Waals surface area contributed by atoms with Crippen molar-refractivity contribution in [3.05, 3.63) is 23.9 Å². The lowest BCUT2D eigenvalue weighted by Gasteiger charge is -2.34. The summed E-state index contributed by atoms with van der Waals surface area (Å²) in [5.74, 6) is 0.695. The molecule has 0 aromatic heterocycles. The van der Waals surface area contributed by atoms with Gasteiger partial charge in [0, 0.05) is 37.8 Å². The summed E-state index contributed by atoms with van der Waals surface area (Å²) in [5, 5.41) is 3.41. The third-order valence-corrected chi connectivity index (χ3v) is 4.04. The average Bonchev–Trinajstić information content (AvgIpc) is 2.62. The second-order valence-electron chi connectivity index (χ2n) is 5.13. The Bertz CT molecular complexity index is 317. The lowest BCUT2D eigenvalue weighted by molar-refractivity contribution is 0.131. The third kappa shape index (κ3) is 2.54. The highest BCUT2D eigenvalue weighted by atomic mass is 15.5. The van der Waals surface area contributed by atoms with Crippen LogP contribution in [0.3, 0.4) is 0 Å². The fourth-order valence-electron chi connectivity index (χ4n) is 2.96. The van der Waals surface area contributed by atoms with Gasteiger partial charge in [0.15, 0.2) is 0 Å². The van der Waals surface area contributed by atoms with E-state index in [0.717, 1.165) is 26.2 Å². The Balaban J connectivity index is 1.62. The van der Waals surface area contributed by atoms with E-state index in [1.54, 1.807) is 0 Å². The SMILES string of the molecule is C1=CCC2CCC(N3CCNCC3)NNC2=C1. The van der Waals surface area contributed by atoms with Gasteiger partial charge in [0.1, 0.15) is 0 Å². The van der Waals surface area contributed by atoms with Crippen molar-refractivity contribution in [2.75, 3.05) is 26.2 Å². The van der Waals surface area contributed by atoms with Gasteiger partial charge in [-0.3, -0.25) is 4.90 Å². The Hall–Kier alpha value is -0.840. The normalized spacial score (nSPS) is 34.5. The van der Waals surface area contributed by atoms with E-state index in [1.165, 1.54) is 25.0 Å². The molecule has 0 bridgehead atoms. The Morgan fingerprint density at radius 2 is 2.06 bits per heavy atom. The first-order valence-corrected chi connectivity index (χ1v) is 6.76. The third-order valence-electron chi connectivity index (χ3n) is 4.04. The maximum atomic E-state index is 3.50. The molecule has 0 amide bonds. The predicted molar refractivity (Wildman–Crippen MR) is 69.1 cm³/mol. The number of nitrogens with zero attached hydrogens (tertiary/aromatic N) is 1. The Morgan fingerprint density at radius 3 is 2.94 bits per heavy atom. The van der Waals surface area contributed by atoms with Crippen molar-refractivity contribution in [1.29, 1.82) is 0 Å². The first-order chi connectivity index (χ1) is 8.43. The zero-order valence-corrected chi connectivity index (χ0v) is 10.3. The molecule has 2 aliphatic heterocycles. The lowest BCUT2D eigenvalue weighted by atomic mass is 9.92. The van der Waals surface area contributed by atoms with Gasteiger partial charge in [-0.25, -0.2) is 5.43 Å². The molecule has 2 heterocycles. The topological polar surface area (TPSA) is 39.3 Å². The summed E-state index contributed by atoms with van der Waals surface area (Å²) in [6, 6.07) is 0. The van der Waals surface area contributed by atoms with Crippen LogP contribution < -0.4 is 16.2 Å². The summed E-state index contributed by atoms with van der Waals surface area (Å²) >= 11 is 0. The number of hydrogen-bond acceptors (Lipinski definition) is 4. The van der Waals surface area contributed by atoms with Crippen molar-refractivity contribution in [3.8, 4) is 0 Å². The van der Waals surface area contributed by atoms with Gasteiger partial charge >= 0.3 is 0 Å². The van der Waals surface area contributed by atoms with E-state index < -0.39 is 0 Å². The number of piperazine rings is 1. The Labute approximate surface area is 103 Å². The average molecular weight is 234 g/mol. The molecule has 2 unspecified atom stereocenters. The van der Waals surface area contributed by atoms with Crippen LogP contribution in [0.25, 0.3) is 0 Å². The molecule has 0 aromatic rings. The van der Waals surface area contributed by atoms with E-state index in [9.17, 15) is 0 Å². The Morgan fingerprint density at radius 1 is 1.18 bits per heavy atom. The summed E-state index contributed by atoms with van der Waals surface area (Å²) in [4.78, 5) is 2.55. The van der Waals surface area contributed by atoms with Crippen LogP contribution in [-0.4, -0.2) is 37.2 Å². The summed E-state index contributed by atoms with van der Waals surface area (Å²) in [5.41, 5.74) is 8.29. The predicted octanol–water partition coefficient (Wildman–Crippen LogP) is 0.566. The molecule has 3 N–H and O–H groups in total. The summed E-state index contributed by atoms with van der Waals surface area (Å²) in [7, 11) is 0. The molecule has 94 valence electrons. The van der Waals surface area contributed by atoms with Crippen LogP contribution in [0.5, 0.6) is 0 Å². The highest BCUT2D eigenvalue weighted by Crippen LogP contribution is 2.26. The molecule has 2 saturated heterocycles. The standard InChI is InChI=1S/C13H22N4/c1-2-4-12-11(3-1)5-6-13(16-15-12)17-9-7-14-8-10-17/h1-2,4,11,13-16H,3,5-10H2. The number of fused-ring (bicyclic) bond motifs is 1. The molecule has 4 heteroatoms. The van der Waals surface area contributed by atoms with Gasteiger partial charge in [0.2, 0.25) is 0 Å². The van der Waals surface area contributed by atoms with Crippen molar-refractivity contribution < 1.29 is 0 Å². The van der Waals surface area contributed by atoms with E-state index in [-0.39, 0.29) is 0 Å². The van der Waals surface area contributed by atoms with Gasteiger partial charge in [-0.1, -0.05) is 12.2 Å². The van der Waals surface area contributed by atoms with Crippen LogP contribution in [0.4, 0.5) is 0 Å². The molecular weight excluding hydrogens is 212 g/mol. The van der Waals surface area contributed by atoms with Crippen molar-refractivity contribution in [2.45, 2.75) is 25.4 Å². The van der Waals surface area contributed by atoms with Crippen LogP contribution in [0.15, 0.2) is 23.9 Å². The van der Waals surface area contributed by atoms with Crippen LogP contribution in [0.2, 0.25) is 0 Å². The largest absolute Gasteiger partial charge is 0.324 e. The smallest absolute Gasteiger partial charge is 0.0776 e. The number of hydrazine groups is 1. The van der Waals surface area contributed by atoms with Gasteiger partial charge in [-0.2, -0.15) is 0 Å². The molecule has 0 saturated carbocycles. The minimum absolute atomic E-state index is 0.489. The quantitative estimate of drug-likeness (QED) is 0.620. The molecule has 2 fully saturated rings. The molecule has 3 aliphatic rings. The number of nitrogens with one attached hydrogen (secondary N) is 3. The maximum absolute atomic E-state index is 3.50. The van der Waals surface area contributed by atoms with Crippen molar-refractivity contribution in [1.82, 2.24) is 21.1 Å². The van der Waals surface area contributed by atoms with Crippen molar-refractivity contribution in [2.24, 2.45) is 5.92 Å². The van der Waals surface area contributed by atoms with E-state index in [1.807, 2.05) is 0 Å². The van der Waals surface area contributed by atoms with E-state index >= 15 is 0 Å². The second-order valence-corrected chi connectivity index (χ2v) is 5.13. The molecule has 3 rings (SSSR count). The summed E-state index contributed by atoms with van der Waals surface area (Å²) in [6.45, 7) is 4.54. The fraction of sp³-hybridized carbons (Fsp3) is 0.692. The molecular formula is C13H22N4. The van der Waals surface area contributed by atoms with Gasteiger partial charge in [0.25, 0.3) is 0 Å². The van der Waals surface area contributed by atoms with E-state index in [2.05, 4.69) is 39.3 Å². The van der Waals surface area contributed by atoms with Gasteiger partial charge in [-0.15, -0.1) is 0 Å². The molecule has 17 heavy (non-hydrogen) atoms. The number of allylic oxidation sites excluding steroid dienone is 4. The minimum atomic E-state index is 0.489. The molecule has 2 atom stereocenters. The summed E-state index contributed by atoms with van der Waals surface area (Å²) in [6.07, 6.45) is 10.8. The molecule has 1 aliphatic carbocycles. The van der Waals surface area contributed by atoms with E-state index in [4.69, 9.17) is 0 Å². The van der Waals surface area contributed by atoms with Crippen LogP contribution in [0.1, 0.15) is 19.3 Å². The number of rotatable bonds is 1. The molecule has 0 spiro atoms. The molecule has 0 aromatic carbocycles. The zero-order valence-electron chi connectivity index (χ0n) is 10.3. The van der Waals surface area contributed by atoms with E-state index in [0.29, 0.717) is 12.1 Å². The zero-order chi connectivity index (χ0) is 11.5. The monoisotopic (exact) mass is 234 g/mol. The number of hydrogen-bond donors (Lipinski definition) is 3. The fourth-order valence-corrected chi connectivity index (χ4v) is 2.96. The highest BCUT2D eigenvalue weighted by Gasteiger charge is 2.26. The molecule has 4 nitrogen and oxygen atoms in total. The van der Waals surface area contributed by atoms with Gasteiger partial charge in [-0.05, 0) is 25.3 Å². The van der Waals surface area contributed by atoms with Crippen LogP contribution in [-0.2, 0) is 0 Å². The van der Waals surface area contributed by atoms with Crippen molar-refractivity contribution in [3.63, 3.8) is 0 Å². The minimum Gasteiger partial charge on any atom is -0.324 e. The van der Waals surface area contributed by atoms with Gasteiger partial charge in [0.05, 0.1) is 6.17 Å². The summed E-state index contributed by atoms with van der Waals surface area (Å²) < 4.78 is 0. The first-order valence-electron chi connectivity index (χ1n) is 6.76. The second kappa shape index (κ2) is 5.21. The van der Waals surface area contributed by atoms with Crippen LogP contribution in [0, 0.1) is 5.92 Å². The van der Waals surface area contributed by atoms with Crippen LogP contribution >= 0.6 is 0 Å². The Kier molecular flexibility index (Phi) is 3.45. The van der Waals surface area contributed by atoms with Crippen molar-refractivity contribution >= 4 is 0 Å². The molecule has 0 radical (unpaired) electrons. The highest BCUT2D eigenvalue weighted by molar-refractivity contribution is 5.19. The maximum Gasteiger partial charge on any atom is 0.0776 e. The first kappa shape index (κ1) is 11.3.